The fourth-order valence-corrected chi connectivity index (χ4v) is 5.76. The number of likely N-dealkylation sites (N-methyl/N-ethyl adjacent to an activating group) is 1. The maximum absolute atomic E-state index is 13.1. The second-order valence-corrected chi connectivity index (χ2v) is 13.7. The smallest absolute Gasteiger partial charge is 0.261 e. The number of aliphatic hydroxyl groups excluding tert-OH is 1. The zero-order valence-corrected chi connectivity index (χ0v) is 26.3. The Bertz CT molecular complexity index is 1880. The number of aryl methyl sites for hydroxylation is 2. The van der Waals surface area contributed by atoms with Gasteiger partial charge < -0.3 is 30.0 Å². The molecule has 0 spiro atoms. The molecule has 2 amide bonds. The molecule has 2 aromatic heterocycles. The lowest BCUT2D eigenvalue weighted by atomic mass is 10.1. The first kappa shape index (κ1) is 31.9. The number of imide groups is 1. The molecule has 4 aromatic rings. The molecule has 238 valence electrons. The Balaban J connectivity index is 1.29. The van der Waals surface area contributed by atoms with Crippen LogP contribution in [0.25, 0.3) is 22.4 Å². The van der Waals surface area contributed by atoms with Crippen molar-refractivity contribution in [1.29, 1.82) is 0 Å². The molecule has 0 bridgehead atoms. The Morgan fingerprint density at radius 3 is 2.51 bits per heavy atom. The summed E-state index contributed by atoms with van der Waals surface area (Å²) in [5.41, 5.74) is 3.57. The quantitative estimate of drug-likeness (QED) is 0.159. The average Bonchev–Trinajstić information content (AvgIpc) is 3.49. The van der Waals surface area contributed by atoms with Gasteiger partial charge in [0.2, 0.25) is 0 Å². The number of aliphatic hydroxyl groups is 1. The van der Waals surface area contributed by atoms with Crippen LogP contribution in [0.5, 0.6) is 5.75 Å². The molecule has 0 fully saturated rings. The Morgan fingerprint density at radius 2 is 1.80 bits per heavy atom. The second kappa shape index (κ2) is 12.8. The Labute approximate surface area is 260 Å². The van der Waals surface area contributed by atoms with Gasteiger partial charge in [-0.1, -0.05) is 17.7 Å². The van der Waals surface area contributed by atoms with Gasteiger partial charge in [-0.15, -0.1) is 0 Å². The first-order chi connectivity index (χ1) is 21.3. The highest BCUT2D eigenvalue weighted by atomic mass is 32.2. The van der Waals surface area contributed by atoms with E-state index in [1.807, 2.05) is 32.0 Å². The topological polar surface area (TPSA) is 178 Å². The molecule has 14 heteroatoms. The molecule has 0 saturated heterocycles. The third-order valence-corrected chi connectivity index (χ3v) is 8.53. The van der Waals surface area contributed by atoms with Crippen LogP contribution in [0.3, 0.4) is 0 Å². The summed E-state index contributed by atoms with van der Waals surface area (Å²) in [6.07, 6.45) is 1.76. The maximum atomic E-state index is 13.1. The van der Waals surface area contributed by atoms with E-state index in [-0.39, 0.29) is 54.5 Å². The highest BCUT2D eigenvalue weighted by molar-refractivity contribution is 7.90. The van der Waals surface area contributed by atoms with Gasteiger partial charge >= 0.3 is 0 Å². The van der Waals surface area contributed by atoms with Crippen molar-refractivity contribution >= 4 is 38.4 Å². The molecular formula is C31H36N6O7S. The van der Waals surface area contributed by atoms with E-state index in [1.54, 1.807) is 24.1 Å². The number of H-pyrrole nitrogens is 2. The number of anilines is 1. The minimum Gasteiger partial charge on any atom is -0.491 e. The number of fused-ring (bicyclic) bond motifs is 2. The number of sulfone groups is 1. The fraction of sp³-hybridized carbons (Fsp3) is 0.355. The molecule has 0 radical (unpaired) electrons. The summed E-state index contributed by atoms with van der Waals surface area (Å²) in [5, 5.41) is 13.7. The molecular weight excluding hydrogens is 600 g/mol. The summed E-state index contributed by atoms with van der Waals surface area (Å²) in [4.78, 5) is 52.4. The molecule has 1 aliphatic rings. The number of ether oxygens (including phenoxy) is 1. The van der Waals surface area contributed by atoms with Crippen LogP contribution in [-0.4, -0.2) is 108 Å². The number of pyridine rings is 1. The van der Waals surface area contributed by atoms with Crippen molar-refractivity contribution in [2.75, 3.05) is 57.2 Å². The van der Waals surface area contributed by atoms with E-state index < -0.39 is 33.3 Å². The number of carbonyl (C=O) groups is 2. The largest absolute Gasteiger partial charge is 0.491 e. The van der Waals surface area contributed by atoms with Crippen LogP contribution in [0.15, 0.2) is 47.4 Å². The minimum absolute atomic E-state index is 0.0193. The van der Waals surface area contributed by atoms with E-state index >= 15 is 0 Å². The van der Waals surface area contributed by atoms with E-state index in [4.69, 9.17) is 4.74 Å². The molecule has 45 heavy (non-hydrogen) atoms. The van der Waals surface area contributed by atoms with Gasteiger partial charge in [-0.05, 0) is 50.7 Å². The highest BCUT2D eigenvalue weighted by Gasteiger charge is 2.36. The number of aromatic nitrogens is 3. The van der Waals surface area contributed by atoms with Crippen molar-refractivity contribution in [1.82, 2.24) is 24.8 Å². The minimum atomic E-state index is -3.13. The second-order valence-electron chi connectivity index (χ2n) is 11.4. The predicted octanol–water partition coefficient (Wildman–Crippen LogP) is 1.96. The normalized spacial score (nSPS) is 14.0. The van der Waals surface area contributed by atoms with Crippen LogP contribution in [0.2, 0.25) is 0 Å². The summed E-state index contributed by atoms with van der Waals surface area (Å²) in [6.45, 7) is 4.78. The number of nitrogens with zero attached hydrogens (tertiary/aromatic N) is 3. The van der Waals surface area contributed by atoms with Crippen molar-refractivity contribution < 1.29 is 27.9 Å². The Hall–Kier alpha value is -4.53. The molecule has 3 heterocycles. The van der Waals surface area contributed by atoms with Crippen LogP contribution in [0.1, 0.15) is 31.8 Å². The summed E-state index contributed by atoms with van der Waals surface area (Å²) in [5.74, 6) is -0.0309. The zero-order chi connectivity index (χ0) is 32.5. The van der Waals surface area contributed by atoms with Crippen LogP contribution in [-0.2, 0) is 9.84 Å². The molecule has 1 atom stereocenters. The summed E-state index contributed by atoms with van der Waals surface area (Å²) in [6, 6.07) is 10.5. The lowest BCUT2D eigenvalue weighted by Gasteiger charge is -2.20. The molecule has 1 unspecified atom stereocenters. The van der Waals surface area contributed by atoms with Crippen LogP contribution in [0, 0.1) is 13.8 Å². The molecule has 5 rings (SSSR count). The van der Waals surface area contributed by atoms with Gasteiger partial charge in [-0.3, -0.25) is 19.3 Å². The van der Waals surface area contributed by atoms with Gasteiger partial charge in [0.05, 0.1) is 33.6 Å². The van der Waals surface area contributed by atoms with Crippen molar-refractivity contribution in [2.45, 2.75) is 20.0 Å². The lowest BCUT2D eigenvalue weighted by Crippen LogP contribution is -2.38. The van der Waals surface area contributed by atoms with Gasteiger partial charge in [0.25, 0.3) is 17.4 Å². The van der Waals surface area contributed by atoms with Gasteiger partial charge in [0.15, 0.2) is 0 Å². The number of rotatable bonds is 13. The Kier molecular flexibility index (Phi) is 9.09. The number of hydrogen-bond donors (Lipinski definition) is 4. The third kappa shape index (κ3) is 7.24. The van der Waals surface area contributed by atoms with Gasteiger partial charge in [-0.25, -0.2) is 13.4 Å². The van der Waals surface area contributed by atoms with Crippen LogP contribution >= 0.6 is 0 Å². The molecule has 0 saturated carbocycles. The van der Waals surface area contributed by atoms with Gasteiger partial charge in [0, 0.05) is 38.6 Å². The molecule has 1 aliphatic heterocycles. The van der Waals surface area contributed by atoms with Crippen molar-refractivity contribution in [2.24, 2.45) is 0 Å². The van der Waals surface area contributed by atoms with E-state index in [2.05, 4.69) is 20.3 Å². The van der Waals surface area contributed by atoms with E-state index in [0.29, 0.717) is 29.0 Å². The number of amides is 2. The standard InChI is InChI=1S/C31H36N6O7S/c1-18-5-6-26(19(2)13-18)44-17-20(38)16-33-23-7-8-32-29(39)27(23)28-34-24-14-21-22(15-25(24)35-28)31(41)37(30(21)40)10-9-36(3)11-12-45(4,42)43/h5-8,13-15,20,38H,9-12,16-17H2,1-4H3,(H,34,35)(H2,32,33,39). The number of nitrogens with one attached hydrogen (secondary N) is 3. The first-order valence-electron chi connectivity index (χ1n) is 14.4. The molecule has 13 nitrogen and oxygen atoms in total. The van der Waals surface area contributed by atoms with Gasteiger partial charge in [-0.2, -0.15) is 0 Å². The Morgan fingerprint density at radius 1 is 1.07 bits per heavy atom. The number of benzene rings is 2. The highest BCUT2D eigenvalue weighted by Crippen LogP contribution is 2.30. The molecule has 0 aliphatic carbocycles. The van der Waals surface area contributed by atoms with Crippen LogP contribution in [0.4, 0.5) is 5.69 Å². The third-order valence-electron chi connectivity index (χ3n) is 7.61. The average molecular weight is 637 g/mol. The predicted molar refractivity (Wildman–Crippen MR) is 171 cm³/mol. The number of carbonyl (C=O) groups excluding carboxylic acids is 2. The number of aromatic amines is 2. The van der Waals surface area contributed by atoms with Crippen molar-refractivity contribution in [3.8, 4) is 17.1 Å². The molecule has 2 aromatic carbocycles. The fourth-order valence-electron chi connectivity index (χ4n) is 5.11. The summed E-state index contributed by atoms with van der Waals surface area (Å²) < 4.78 is 28.7. The number of imidazole rings is 1. The van der Waals surface area contributed by atoms with E-state index in [0.717, 1.165) is 22.3 Å². The summed E-state index contributed by atoms with van der Waals surface area (Å²) >= 11 is 0. The SMILES string of the molecule is Cc1ccc(OCC(O)CNc2cc[nH]c(=O)c2-c2nc3cc4c(cc3[nH]2)C(=O)N(CCN(C)CCS(C)(=O)=O)C4=O)c(C)c1. The van der Waals surface area contributed by atoms with Crippen LogP contribution < -0.4 is 15.6 Å². The van der Waals surface area contributed by atoms with E-state index in [1.165, 1.54) is 12.3 Å². The maximum Gasteiger partial charge on any atom is 0.261 e. The number of hydrogen-bond acceptors (Lipinski definition) is 10. The summed E-state index contributed by atoms with van der Waals surface area (Å²) in [7, 11) is -1.40. The molecule has 4 N–H and O–H groups in total. The lowest BCUT2D eigenvalue weighted by molar-refractivity contribution is 0.0642. The van der Waals surface area contributed by atoms with Gasteiger partial charge in [0.1, 0.15) is 39.7 Å². The first-order valence-corrected chi connectivity index (χ1v) is 16.5. The monoisotopic (exact) mass is 636 g/mol. The van der Waals surface area contributed by atoms with Crippen molar-refractivity contribution in [3.05, 3.63) is 75.2 Å². The van der Waals surface area contributed by atoms with Crippen molar-refractivity contribution in [3.63, 3.8) is 0 Å². The zero-order valence-electron chi connectivity index (χ0n) is 25.5. The van der Waals surface area contributed by atoms with E-state index in [9.17, 15) is 27.9 Å².